The molecule has 0 fully saturated rings. The summed E-state index contributed by atoms with van der Waals surface area (Å²) < 4.78 is 0. The molecular weight excluding hydrogens is 230 g/mol. The minimum Gasteiger partial charge on any atom is -0.392 e. The van der Waals surface area contributed by atoms with E-state index < -0.39 is 6.10 Å². The van der Waals surface area contributed by atoms with E-state index in [0.29, 0.717) is 11.3 Å². The maximum absolute atomic E-state index is 11.9. The third-order valence-corrected chi connectivity index (χ3v) is 3.31. The van der Waals surface area contributed by atoms with Gasteiger partial charge in [-0.05, 0) is 6.92 Å². The Morgan fingerprint density at radius 3 is 2.61 bits per heavy atom. The molecule has 1 aliphatic heterocycles. The van der Waals surface area contributed by atoms with Crippen molar-refractivity contribution < 1.29 is 14.7 Å². The SMILES string of the molecule is C[C@H]1ON=C([C@@H](O)CC(=O)c2ccccc2)[C@@H]1C. The highest BCUT2D eigenvalue weighted by molar-refractivity contribution is 6.01. The molecule has 3 atom stereocenters. The Hall–Kier alpha value is -1.68. The number of rotatable bonds is 4. The van der Waals surface area contributed by atoms with E-state index in [4.69, 9.17) is 4.84 Å². The normalized spacial score (nSPS) is 24.3. The van der Waals surface area contributed by atoms with Crippen molar-refractivity contribution in [1.82, 2.24) is 0 Å². The van der Waals surface area contributed by atoms with Crippen LogP contribution >= 0.6 is 0 Å². The Bertz CT molecular complexity index is 455. The predicted molar refractivity (Wildman–Crippen MR) is 68.5 cm³/mol. The topological polar surface area (TPSA) is 58.9 Å². The minimum absolute atomic E-state index is 0.0403. The summed E-state index contributed by atoms with van der Waals surface area (Å²) in [7, 11) is 0. The van der Waals surface area contributed by atoms with Crippen LogP contribution in [0.25, 0.3) is 0 Å². The Morgan fingerprint density at radius 1 is 1.39 bits per heavy atom. The third kappa shape index (κ3) is 2.59. The Kier molecular flexibility index (Phi) is 3.77. The molecule has 1 N–H and O–H groups in total. The summed E-state index contributed by atoms with van der Waals surface area (Å²) >= 11 is 0. The summed E-state index contributed by atoms with van der Waals surface area (Å²) in [6, 6.07) is 8.95. The molecule has 4 heteroatoms. The molecule has 0 amide bonds. The second-order valence-corrected chi connectivity index (χ2v) is 4.62. The molecule has 0 unspecified atom stereocenters. The fourth-order valence-electron chi connectivity index (χ4n) is 1.95. The van der Waals surface area contributed by atoms with Crippen molar-refractivity contribution in [2.45, 2.75) is 32.5 Å². The number of hydrogen-bond donors (Lipinski definition) is 1. The van der Waals surface area contributed by atoms with Gasteiger partial charge in [-0.2, -0.15) is 0 Å². The molecule has 2 rings (SSSR count). The van der Waals surface area contributed by atoms with Crippen LogP contribution in [0.1, 0.15) is 30.6 Å². The van der Waals surface area contributed by atoms with Gasteiger partial charge in [-0.3, -0.25) is 4.79 Å². The highest BCUT2D eigenvalue weighted by Gasteiger charge is 2.32. The van der Waals surface area contributed by atoms with Gasteiger partial charge in [-0.1, -0.05) is 42.4 Å². The van der Waals surface area contributed by atoms with Crippen LogP contribution in [0.5, 0.6) is 0 Å². The Morgan fingerprint density at radius 2 is 2.06 bits per heavy atom. The lowest BCUT2D eigenvalue weighted by Gasteiger charge is -2.13. The van der Waals surface area contributed by atoms with Crippen LogP contribution in [0.2, 0.25) is 0 Å². The molecule has 1 heterocycles. The van der Waals surface area contributed by atoms with Gasteiger partial charge < -0.3 is 9.94 Å². The van der Waals surface area contributed by atoms with Crippen LogP contribution in [0.15, 0.2) is 35.5 Å². The van der Waals surface area contributed by atoms with E-state index in [1.54, 1.807) is 24.3 Å². The summed E-state index contributed by atoms with van der Waals surface area (Å²) in [6.07, 6.45) is -0.859. The number of benzene rings is 1. The molecule has 1 aliphatic rings. The maximum Gasteiger partial charge on any atom is 0.165 e. The van der Waals surface area contributed by atoms with Crippen molar-refractivity contribution in [3.05, 3.63) is 35.9 Å². The van der Waals surface area contributed by atoms with Gasteiger partial charge in [0.25, 0.3) is 0 Å². The number of aliphatic hydroxyl groups excluding tert-OH is 1. The quantitative estimate of drug-likeness (QED) is 0.828. The zero-order chi connectivity index (χ0) is 13.1. The molecule has 0 aromatic heterocycles. The van der Waals surface area contributed by atoms with Gasteiger partial charge in [0, 0.05) is 17.9 Å². The fourth-order valence-corrected chi connectivity index (χ4v) is 1.95. The molecule has 0 saturated heterocycles. The van der Waals surface area contributed by atoms with Crippen molar-refractivity contribution in [3.63, 3.8) is 0 Å². The summed E-state index contributed by atoms with van der Waals surface area (Å²) in [5.41, 5.74) is 1.17. The average Bonchev–Trinajstić information content (AvgIpc) is 2.71. The van der Waals surface area contributed by atoms with Crippen molar-refractivity contribution in [1.29, 1.82) is 0 Å². The molecule has 0 saturated carbocycles. The van der Waals surface area contributed by atoms with Crippen molar-refractivity contribution in [3.8, 4) is 0 Å². The lowest BCUT2D eigenvalue weighted by Crippen LogP contribution is -2.30. The number of carbonyl (C=O) groups excluding carboxylic acids is 1. The second-order valence-electron chi connectivity index (χ2n) is 4.62. The van der Waals surface area contributed by atoms with Crippen LogP contribution in [0, 0.1) is 5.92 Å². The van der Waals surface area contributed by atoms with Crippen LogP contribution in [-0.2, 0) is 4.84 Å². The van der Waals surface area contributed by atoms with E-state index in [0.717, 1.165) is 0 Å². The maximum atomic E-state index is 11.9. The smallest absolute Gasteiger partial charge is 0.165 e. The number of oxime groups is 1. The van der Waals surface area contributed by atoms with Crippen molar-refractivity contribution in [2.75, 3.05) is 0 Å². The van der Waals surface area contributed by atoms with Crippen LogP contribution in [0.3, 0.4) is 0 Å². The van der Waals surface area contributed by atoms with E-state index >= 15 is 0 Å². The van der Waals surface area contributed by atoms with Gasteiger partial charge in [0.05, 0.1) is 5.71 Å². The summed E-state index contributed by atoms with van der Waals surface area (Å²) in [4.78, 5) is 17.0. The van der Waals surface area contributed by atoms with E-state index in [1.165, 1.54) is 0 Å². The average molecular weight is 247 g/mol. The van der Waals surface area contributed by atoms with Gasteiger partial charge in [0.15, 0.2) is 5.78 Å². The van der Waals surface area contributed by atoms with Gasteiger partial charge in [-0.15, -0.1) is 0 Å². The molecule has 4 nitrogen and oxygen atoms in total. The van der Waals surface area contributed by atoms with Crippen molar-refractivity contribution >= 4 is 11.5 Å². The first kappa shape index (κ1) is 12.8. The molecule has 0 spiro atoms. The number of hydrogen-bond acceptors (Lipinski definition) is 4. The fraction of sp³-hybridized carbons (Fsp3) is 0.429. The number of carbonyl (C=O) groups is 1. The number of aliphatic hydroxyl groups is 1. The molecule has 96 valence electrons. The molecule has 1 aromatic carbocycles. The van der Waals surface area contributed by atoms with Gasteiger partial charge in [-0.25, -0.2) is 0 Å². The summed E-state index contributed by atoms with van der Waals surface area (Å²) in [6.45, 7) is 3.83. The molecule has 1 aromatic rings. The second kappa shape index (κ2) is 5.31. The lowest BCUT2D eigenvalue weighted by molar-refractivity contribution is 0.0799. The number of Topliss-reactive ketones (excluding diaryl/α,β-unsaturated/α-hetero) is 1. The Labute approximate surface area is 106 Å². The van der Waals surface area contributed by atoms with E-state index in [2.05, 4.69) is 5.16 Å². The predicted octanol–water partition coefficient (Wildman–Crippen LogP) is 2.03. The Balaban J connectivity index is 2.00. The van der Waals surface area contributed by atoms with Crippen molar-refractivity contribution in [2.24, 2.45) is 11.1 Å². The molecule has 0 bridgehead atoms. The molecule has 0 aliphatic carbocycles. The van der Waals surface area contributed by atoms with Crippen LogP contribution in [0.4, 0.5) is 0 Å². The summed E-state index contributed by atoms with van der Waals surface area (Å²) in [5, 5.41) is 13.9. The number of ketones is 1. The van der Waals surface area contributed by atoms with E-state index in [-0.39, 0.29) is 24.2 Å². The largest absolute Gasteiger partial charge is 0.392 e. The van der Waals surface area contributed by atoms with Gasteiger partial charge in [0.2, 0.25) is 0 Å². The molecule has 0 radical (unpaired) electrons. The van der Waals surface area contributed by atoms with Crippen LogP contribution in [-0.4, -0.2) is 28.8 Å². The molecular formula is C14H17NO3. The highest BCUT2D eigenvalue weighted by Crippen LogP contribution is 2.21. The standard InChI is InChI=1S/C14H17NO3/c1-9-10(2)18-15-14(9)13(17)8-12(16)11-6-4-3-5-7-11/h3-7,9-10,13,17H,8H2,1-2H3/t9-,10-,13+/m1/s1. The first-order chi connectivity index (χ1) is 8.59. The zero-order valence-corrected chi connectivity index (χ0v) is 10.5. The van der Waals surface area contributed by atoms with E-state index in [9.17, 15) is 9.90 Å². The molecule has 18 heavy (non-hydrogen) atoms. The van der Waals surface area contributed by atoms with Gasteiger partial charge >= 0.3 is 0 Å². The summed E-state index contributed by atoms with van der Waals surface area (Å²) in [5.74, 6) is -0.0406. The monoisotopic (exact) mass is 247 g/mol. The van der Waals surface area contributed by atoms with Gasteiger partial charge in [0.1, 0.15) is 12.2 Å². The first-order valence-corrected chi connectivity index (χ1v) is 6.09. The third-order valence-electron chi connectivity index (χ3n) is 3.31. The highest BCUT2D eigenvalue weighted by atomic mass is 16.6. The van der Waals surface area contributed by atoms with E-state index in [1.807, 2.05) is 19.9 Å². The lowest BCUT2D eigenvalue weighted by atomic mass is 9.93. The number of nitrogens with zero attached hydrogens (tertiary/aromatic N) is 1. The zero-order valence-electron chi connectivity index (χ0n) is 10.5. The van der Waals surface area contributed by atoms with Crippen LogP contribution < -0.4 is 0 Å². The minimum atomic E-state index is -0.863. The first-order valence-electron chi connectivity index (χ1n) is 6.09.